The highest BCUT2D eigenvalue weighted by Crippen LogP contribution is 2.26. The van der Waals surface area contributed by atoms with Crippen LogP contribution in [0.4, 0.5) is 4.79 Å². The molecule has 0 saturated carbocycles. The first-order valence-corrected chi connectivity index (χ1v) is 14.7. The van der Waals surface area contributed by atoms with Crippen molar-refractivity contribution in [2.24, 2.45) is 0 Å². The minimum Gasteiger partial charge on any atom is -0.466 e. The van der Waals surface area contributed by atoms with Crippen LogP contribution in [0.25, 0.3) is 0 Å². The highest BCUT2D eigenvalue weighted by atomic mass is 16.6. The molecule has 0 aliphatic heterocycles. The van der Waals surface area contributed by atoms with Crippen molar-refractivity contribution >= 4 is 23.9 Å². The summed E-state index contributed by atoms with van der Waals surface area (Å²) in [4.78, 5) is 54.5. The maximum Gasteiger partial charge on any atom is 0.408 e. The zero-order valence-electron chi connectivity index (χ0n) is 26.1. The van der Waals surface area contributed by atoms with Crippen LogP contribution >= 0.6 is 0 Å². The Hall–Kier alpha value is -3.88. The van der Waals surface area contributed by atoms with Crippen molar-refractivity contribution in [2.75, 3.05) is 19.7 Å². The molecule has 0 radical (unpaired) electrons. The minimum absolute atomic E-state index is 0.0129. The molecule has 2 aromatic rings. The Labute approximate surface area is 250 Å². The van der Waals surface area contributed by atoms with Crippen LogP contribution in [0, 0.1) is 13.8 Å². The number of carbonyl (C=O) groups excluding carboxylic acids is 4. The Morgan fingerprint density at radius 1 is 0.952 bits per heavy atom. The number of alkyl carbamates (subject to hydrolysis) is 1. The molecule has 0 aromatic heterocycles. The molecule has 0 spiro atoms. The van der Waals surface area contributed by atoms with Crippen molar-refractivity contribution < 1.29 is 28.7 Å². The molecule has 9 nitrogen and oxygen atoms in total. The molecule has 0 fully saturated rings. The van der Waals surface area contributed by atoms with Crippen molar-refractivity contribution in [2.45, 2.75) is 91.8 Å². The van der Waals surface area contributed by atoms with Gasteiger partial charge in [0.05, 0.1) is 13.0 Å². The predicted molar refractivity (Wildman–Crippen MR) is 163 cm³/mol. The molecule has 2 N–H and O–H groups in total. The molecule has 2 rings (SSSR count). The van der Waals surface area contributed by atoms with Gasteiger partial charge in [0.1, 0.15) is 17.7 Å². The van der Waals surface area contributed by atoms with Gasteiger partial charge in [-0.1, -0.05) is 61.9 Å². The fraction of sp³-hybridized carbons (Fsp3) is 0.515. The highest BCUT2D eigenvalue weighted by Gasteiger charge is 2.36. The van der Waals surface area contributed by atoms with Crippen LogP contribution in [0.1, 0.15) is 82.2 Å². The van der Waals surface area contributed by atoms with E-state index in [9.17, 15) is 19.2 Å². The smallest absolute Gasteiger partial charge is 0.408 e. The molecular weight excluding hydrogens is 534 g/mol. The highest BCUT2D eigenvalue weighted by molar-refractivity contribution is 5.92. The molecule has 0 heterocycles. The maximum atomic E-state index is 14.4. The van der Waals surface area contributed by atoms with Gasteiger partial charge in [0.25, 0.3) is 0 Å². The molecule has 230 valence electrons. The molecule has 9 heteroatoms. The van der Waals surface area contributed by atoms with E-state index in [4.69, 9.17) is 9.47 Å². The lowest BCUT2D eigenvalue weighted by Gasteiger charge is -2.35. The third kappa shape index (κ3) is 11.2. The van der Waals surface area contributed by atoms with Crippen LogP contribution in [-0.2, 0) is 30.3 Å². The molecule has 0 aliphatic rings. The third-order valence-corrected chi connectivity index (χ3v) is 6.65. The fourth-order valence-electron chi connectivity index (χ4n) is 4.42. The zero-order chi connectivity index (χ0) is 31.3. The van der Waals surface area contributed by atoms with E-state index >= 15 is 0 Å². The first-order valence-electron chi connectivity index (χ1n) is 14.7. The summed E-state index contributed by atoms with van der Waals surface area (Å²) < 4.78 is 10.5. The minimum atomic E-state index is -0.986. The van der Waals surface area contributed by atoms with E-state index < -0.39 is 41.6 Å². The number of unbranched alkanes of at least 4 members (excludes halogenated alkanes) is 1. The van der Waals surface area contributed by atoms with Crippen LogP contribution in [0.3, 0.4) is 0 Å². The van der Waals surface area contributed by atoms with Crippen LogP contribution in [0.5, 0.6) is 0 Å². The van der Waals surface area contributed by atoms with Gasteiger partial charge in [-0.25, -0.2) is 4.79 Å². The number of hydrogen-bond acceptors (Lipinski definition) is 6. The van der Waals surface area contributed by atoms with Gasteiger partial charge in [0.2, 0.25) is 11.8 Å². The Bertz CT molecular complexity index is 1190. The second-order valence-electron chi connectivity index (χ2n) is 11.4. The summed E-state index contributed by atoms with van der Waals surface area (Å²) in [5.74, 6) is -1.23. The predicted octanol–water partition coefficient (Wildman–Crippen LogP) is 5.18. The Balaban J connectivity index is 2.51. The first kappa shape index (κ1) is 34.3. The molecular formula is C33H47N3O6. The number of rotatable bonds is 14. The molecule has 2 aromatic carbocycles. The molecule has 42 heavy (non-hydrogen) atoms. The Morgan fingerprint density at radius 3 is 2.24 bits per heavy atom. The number of hydrogen-bond donors (Lipinski definition) is 2. The topological polar surface area (TPSA) is 114 Å². The summed E-state index contributed by atoms with van der Waals surface area (Å²) in [5, 5.41) is 5.60. The third-order valence-electron chi connectivity index (χ3n) is 6.65. The van der Waals surface area contributed by atoms with Crippen molar-refractivity contribution in [1.29, 1.82) is 0 Å². The number of carbonyl (C=O) groups is 4. The second kappa shape index (κ2) is 16.5. The van der Waals surface area contributed by atoms with E-state index in [-0.39, 0.29) is 26.0 Å². The lowest BCUT2D eigenvalue weighted by Crippen LogP contribution is -2.54. The quantitative estimate of drug-likeness (QED) is 0.297. The molecule has 3 amide bonds. The molecule has 0 aliphatic carbocycles. The van der Waals surface area contributed by atoms with E-state index in [0.29, 0.717) is 18.5 Å². The molecule has 2 atom stereocenters. The van der Waals surface area contributed by atoms with Gasteiger partial charge in [0, 0.05) is 19.5 Å². The second-order valence-corrected chi connectivity index (χ2v) is 11.4. The average Bonchev–Trinajstić information content (AvgIpc) is 2.91. The molecule has 0 saturated heterocycles. The maximum absolute atomic E-state index is 14.4. The van der Waals surface area contributed by atoms with Gasteiger partial charge in [-0.3, -0.25) is 14.4 Å². The first-order chi connectivity index (χ1) is 19.9. The lowest BCUT2D eigenvalue weighted by molar-refractivity contribution is -0.144. The summed E-state index contributed by atoms with van der Waals surface area (Å²) in [6.45, 7) is 13.5. The largest absolute Gasteiger partial charge is 0.466 e. The summed E-state index contributed by atoms with van der Waals surface area (Å²) in [5.41, 5.74) is 2.77. The number of nitrogens with zero attached hydrogens (tertiary/aromatic N) is 1. The van der Waals surface area contributed by atoms with Gasteiger partial charge in [-0.05, 0) is 70.2 Å². The normalized spacial score (nSPS) is 12.5. The lowest BCUT2D eigenvalue weighted by atomic mass is 9.97. The standard InChI is InChI=1S/C33H47N3O6/c1-8-10-20-36(31(39)27(22-25-14-12-11-13-15-25)35-32(40)42-33(5,6)7)29(26-17-16-23(3)24(4)21-26)30(38)34-19-18-28(37)41-9-2/h11-17,21,27,29H,8-10,18-20,22H2,1-7H3,(H,34,38)(H,35,40). The van der Waals surface area contributed by atoms with Crippen LogP contribution in [-0.4, -0.2) is 60.1 Å². The summed E-state index contributed by atoms with van der Waals surface area (Å²) in [6.07, 6.45) is 0.948. The SMILES string of the molecule is CCCCN(C(=O)C(Cc1ccccc1)NC(=O)OC(C)(C)C)C(C(=O)NCCC(=O)OCC)c1ccc(C)c(C)c1. The average molecular weight is 582 g/mol. The van der Waals surface area contributed by atoms with Crippen molar-refractivity contribution in [3.63, 3.8) is 0 Å². The number of esters is 1. The Morgan fingerprint density at radius 2 is 1.64 bits per heavy atom. The summed E-state index contributed by atoms with van der Waals surface area (Å²) in [6, 6.07) is 13.1. The van der Waals surface area contributed by atoms with Crippen molar-refractivity contribution in [3.05, 3.63) is 70.8 Å². The van der Waals surface area contributed by atoms with E-state index in [1.807, 2.05) is 69.3 Å². The van der Waals surface area contributed by atoms with Crippen molar-refractivity contribution in [3.8, 4) is 0 Å². The van der Waals surface area contributed by atoms with E-state index in [1.165, 1.54) is 4.90 Å². The zero-order valence-corrected chi connectivity index (χ0v) is 26.1. The summed E-state index contributed by atoms with van der Waals surface area (Å²) >= 11 is 0. The van der Waals surface area contributed by atoms with Gasteiger partial charge in [-0.15, -0.1) is 0 Å². The van der Waals surface area contributed by atoms with Crippen LogP contribution < -0.4 is 10.6 Å². The van der Waals surface area contributed by atoms with E-state index in [2.05, 4.69) is 10.6 Å². The van der Waals surface area contributed by atoms with E-state index in [1.54, 1.807) is 27.7 Å². The number of amides is 3. The Kier molecular flexibility index (Phi) is 13.5. The number of ether oxygens (including phenoxy) is 2. The number of benzene rings is 2. The van der Waals surface area contributed by atoms with Gasteiger partial charge in [0.15, 0.2) is 0 Å². The van der Waals surface area contributed by atoms with Gasteiger partial charge in [-0.2, -0.15) is 0 Å². The summed E-state index contributed by atoms with van der Waals surface area (Å²) in [7, 11) is 0. The molecule has 2 unspecified atom stereocenters. The van der Waals surface area contributed by atoms with Crippen LogP contribution in [0.2, 0.25) is 0 Å². The monoisotopic (exact) mass is 581 g/mol. The van der Waals surface area contributed by atoms with Gasteiger partial charge < -0.3 is 25.0 Å². The fourth-order valence-corrected chi connectivity index (χ4v) is 4.42. The van der Waals surface area contributed by atoms with Crippen molar-refractivity contribution in [1.82, 2.24) is 15.5 Å². The van der Waals surface area contributed by atoms with E-state index in [0.717, 1.165) is 23.1 Å². The number of aryl methyl sites for hydroxylation is 2. The van der Waals surface area contributed by atoms with Gasteiger partial charge >= 0.3 is 12.1 Å². The molecule has 0 bridgehead atoms. The number of nitrogens with one attached hydrogen (secondary N) is 2. The van der Waals surface area contributed by atoms with Crippen LogP contribution in [0.15, 0.2) is 48.5 Å².